The molecule has 0 aliphatic rings. The zero-order valence-corrected chi connectivity index (χ0v) is 19.1. The molecule has 28 heavy (non-hydrogen) atoms. The molecule has 3 nitrogen and oxygen atoms in total. The highest BCUT2D eigenvalue weighted by Gasteiger charge is 2.10. The number of carbonyl (C=O) groups excluding carboxylic acids is 1. The minimum atomic E-state index is 0.00748. The van der Waals surface area contributed by atoms with Crippen molar-refractivity contribution >= 4 is 62.5 Å². The van der Waals surface area contributed by atoms with Gasteiger partial charge in [-0.05, 0) is 49.4 Å². The van der Waals surface area contributed by atoms with Crippen LogP contribution in [0.15, 0.2) is 48.5 Å². The van der Waals surface area contributed by atoms with Gasteiger partial charge in [0.15, 0.2) is 5.78 Å². The molecule has 0 aromatic heterocycles. The van der Waals surface area contributed by atoms with Crippen molar-refractivity contribution in [2.45, 2.75) is 25.4 Å². The van der Waals surface area contributed by atoms with E-state index in [2.05, 4.69) is 0 Å². The molecular weight excluding hydrogens is 428 g/mol. The standard InChI is InChI=1S/C21H22O3S4/c1-3-23-20(25)27-13-15-5-9-17(10-6-15)19(22)18-11-7-16(8-12-18)14-28-21(26)24-4-2/h5-12H,3-4,13-14H2,1-2H3. The SMILES string of the molecule is CCOC(=S)SCc1ccc(C(=O)c2ccc(CSC(=S)OCC)cc2)cc1. The Labute approximate surface area is 185 Å². The Balaban J connectivity index is 1.92. The Kier molecular flexibility index (Phi) is 9.98. The van der Waals surface area contributed by atoms with Crippen LogP contribution in [0.5, 0.6) is 0 Å². The predicted molar refractivity (Wildman–Crippen MR) is 127 cm³/mol. The predicted octanol–water partition coefficient (Wildman–Crippen LogP) is 6.03. The van der Waals surface area contributed by atoms with Gasteiger partial charge in [0, 0.05) is 22.6 Å². The van der Waals surface area contributed by atoms with E-state index in [0.717, 1.165) is 22.6 Å². The van der Waals surface area contributed by atoms with E-state index in [1.807, 2.05) is 62.4 Å². The van der Waals surface area contributed by atoms with Crippen LogP contribution in [-0.4, -0.2) is 27.8 Å². The highest BCUT2D eigenvalue weighted by atomic mass is 32.2. The van der Waals surface area contributed by atoms with Crippen molar-refractivity contribution in [2.24, 2.45) is 0 Å². The maximum atomic E-state index is 12.7. The normalized spacial score (nSPS) is 10.4. The van der Waals surface area contributed by atoms with E-state index < -0.39 is 0 Å². The molecule has 0 saturated carbocycles. The van der Waals surface area contributed by atoms with Crippen LogP contribution < -0.4 is 0 Å². The molecule has 0 amide bonds. The van der Waals surface area contributed by atoms with Gasteiger partial charge in [0.05, 0.1) is 13.2 Å². The average molecular weight is 451 g/mol. The zero-order valence-electron chi connectivity index (χ0n) is 15.8. The zero-order chi connectivity index (χ0) is 20.4. The third kappa shape index (κ3) is 7.54. The van der Waals surface area contributed by atoms with Crippen LogP contribution in [0.1, 0.15) is 40.9 Å². The molecule has 7 heteroatoms. The first-order valence-corrected chi connectivity index (χ1v) is 11.6. The number of rotatable bonds is 8. The number of ether oxygens (including phenoxy) is 2. The fourth-order valence-electron chi connectivity index (χ4n) is 2.27. The van der Waals surface area contributed by atoms with E-state index in [0.29, 0.717) is 33.1 Å². The van der Waals surface area contributed by atoms with E-state index in [1.165, 1.54) is 23.5 Å². The molecule has 148 valence electrons. The first-order valence-electron chi connectivity index (χ1n) is 8.85. The Morgan fingerprint density at radius 3 is 1.43 bits per heavy atom. The van der Waals surface area contributed by atoms with E-state index in [4.69, 9.17) is 33.9 Å². The number of benzene rings is 2. The van der Waals surface area contributed by atoms with Crippen molar-refractivity contribution < 1.29 is 14.3 Å². The van der Waals surface area contributed by atoms with Gasteiger partial charge in [0.1, 0.15) is 0 Å². The molecule has 2 aromatic carbocycles. The molecule has 0 spiro atoms. The van der Waals surface area contributed by atoms with E-state index in [9.17, 15) is 4.79 Å². The lowest BCUT2D eigenvalue weighted by molar-refractivity contribution is 0.103. The summed E-state index contributed by atoms with van der Waals surface area (Å²) < 4.78 is 11.6. The second-order valence-corrected chi connectivity index (χ2v) is 8.82. The Hall–Kier alpha value is -1.41. The number of thioether (sulfide) groups is 2. The van der Waals surface area contributed by atoms with Crippen LogP contribution in [0.25, 0.3) is 0 Å². The smallest absolute Gasteiger partial charge is 0.220 e. The first-order chi connectivity index (χ1) is 13.5. The van der Waals surface area contributed by atoms with Gasteiger partial charge in [-0.25, -0.2) is 0 Å². The number of carbonyl (C=O) groups is 1. The van der Waals surface area contributed by atoms with Crippen LogP contribution in [0, 0.1) is 0 Å². The lowest BCUT2D eigenvalue weighted by atomic mass is 10.0. The van der Waals surface area contributed by atoms with Crippen LogP contribution in [0.4, 0.5) is 0 Å². The molecule has 0 N–H and O–H groups in total. The number of ketones is 1. The van der Waals surface area contributed by atoms with E-state index in [-0.39, 0.29) is 5.78 Å². The van der Waals surface area contributed by atoms with Crippen LogP contribution in [0.2, 0.25) is 0 Å². The van der Waals surface area contributed by atoms with Crippen molar-refractivity contribution in [1.29, 1.82) is 0 Å². The molecule has 0 bridgehead atoms. The molecule has 2 rings (SSSR count). The molecule has 0 aliphatic heterocycles. The number of hydrogen-bond donors (Lipinski definition) is 0. The maximum absolute atomic E-state index is 12.7. The van der Waals surface area contributed by atoms with Gasteiger partial charge < -0.3 is 9.47 Å². The Morgan fingerprint density at radius 1 is 0.750 bits per heavy atom. The summed E-state index contributed by atoms with van der Waals surface area (Å²) in [4.78, 5) is 12.7. The Bertz CT molecular complexity index is 734. The lowest BCUT2D eigenvalue weighted by Crippen LogP contribution is -2.02. The van der Waals surface area contributed by atoms with Gasteiger partial charge in [-0.3, -0.25) is 4.79 Å². The summed E-state index contributed by atoms with van der Waals surface area (Å²) in [6.45, 7) is 4.98. The molecule has 0 aliphatic carbocycles. The van der Waals surface area contributed by atoms with Crippen molar-refractivity contribution in [3.8, 4) is 0 Å². The third-order valence-electron chi connectivity index (χ3n) is 3.67. The summed E-state index contributed by atoms with van der Waals surface area (Å²) >= 11 is 13.2. The van der Waals surface area contributed by atoms with Gasteiger partial charge in [0.2, 0.25) is 8.77 Å². The third-order valence-corrected chi connectivity index (χ3v) is 6.28. The van der Waals surface area contributed by atoms with Gasteiger partial charge in [-0.15, -0.1) is 0 Å². The molecule has 0 fully saturated rings. The van der Waals surface area contributed by atoms with Crippen molar-refractivity contribution in [1.82, 2.24) is 0 Å². The van der Waals surface area contributed by atoms with E-state index >= 15 is 0 Å². The number of hydrogen-bond acceptors (Lipinski definition) is 7. The van der Waals surface area contributed by atoms with Crippen LogP contribution >= 0.6 is 48.0 Å². The topological polar surface area (TPSA) is 35.5 Å². The number of thiocarbonyl (C=S) groups is 2. The minimum absolute atomic E-state index is 0.00748. The molecule has 0 heterocycles. The first kappa shape index (κ1) is 22.9. The molecule has 0 unspecified atom stereocenters. The second kappa shape index (κ2) is 12.2. The fourth-order valence-corrected chi connectivity index (χ4v) is 4.22. The van der Waals surface area contributed by atoms with Gasteiger partial charge in [-0.2, -0.15) is 0 Å². The second-order valence-electron chi connectivity index (χ2n) is 5.67. The summed E-state index contributed by atoms with van der Waals surface area (Å²) in [5.74, 6) is 1.46. The summed E-state index contributed by atoms with van der Waals surface area (Å²) in [6, 6.07) is 15.2. The lowest BCUT2D eigenvalue weighted by Gasteiger charge is -2.07. The molecule has 0 radical (unpaired) electrons. The van der Waals surface area contributed by atoms with Crippen molar-refractivity contribution in [3.63, 3.8) is 0 Å². The fraction of sp³-hybridized carbons (Fsp3) is 0.286. The maximum Gasteiger partial charge on any atom is 0.220 e. The van der Waals surface area contributed by atoms with Gasteiger partial charge in [0.25, 0.3) is 0 Å². The Morgan fingerprint density at radius 2 is 1.11 bits per heavy atom. The van der Waals surface area contributed by atoms with Gasteiger partial charge in [-0.1, -0.05) is 72.1 Å². The minimum Gasteiger partial charge on any atom is -0.479 e. The summed E-state index contributed by atoms with van der Waals surface area (Å²) in [5.41, 5.74) is 3.53. The van der Waals surface area contributed by atoms with Gasteiger partial charge >= 0.3 is 0 Å². The van der Waals surface area contributed by atoms with Crippen molar-refractivity contribution in [3.05, 3.63) is 70.8 Å². The van der Waals surface area contributed by atoms with Crippen molar-refractivity contribution in [2.75, 3.05) is 13.2 Å². The van der Waals surface area contributed by atoms with Crippen LogP contribution in [-0.2, 0) is 21.0 Å². The highest BCUT2D eigenvalue weighted by molar-refractivity contribution is 8.22. The van der Waals surface area contributed by atoms with Crippen LogP contribution in [0.3, 0.4) is 0 Å². The van der Waals surface area contributed by atoms with E-state index in [1.54, 1.807) is 0 Å². The molecule has 2 aromatic rings. The molecule has 0 saturated heterocycles. The summed E-state index contributed by atoms with van der Waals surface area (Å²) in [6.07, 6.45) is 0. The quantitative estimate of drug-likeness (QED) is 0.359. The molecular formula is C21H22O3S4. The largest absolute Gasteiger partial charge is 0.479 e. The highest BCUT2D eigenvalue weighted by Crippen LogP contribution is 2.19. The molecule has 0 atom stereocenters. The summed E-state index contributed by atoms with van der Waals surface area (Å²) in [7, 11) is 0. The monoisotopic (exact) mass is 450 g/mol. The summed E-state index contributed by atoms with van der Waals surface area (Å²) in [5, 5.41) is 0. The average Bonchev–Trinajstić information content (AvgIpc) is 2.71.